The number of carboxylic acid groups (broad SMARTS) is 1. The molecule has 5 nitrogen and oxygen atoms in total. The van der Waals surface area contributed by atoms with Crippen molar-refractivity contribution in [3.05, 3.63) is 48.6 Å². The van der Waals surface area contributed by atoms with Crippen LogP contribution in [0.25, 0.3) is 0 Å². The summed E-state index contributed by atoms with van der Waals surface area (Å²) in [5.74, 6) is -4.56. The molecule has 0 bridgehead atoms. The van der Waals surface area contributed by atoms with Gasteiger partial charge in [0.2, 0.25) is 0 Å². The monoisotopic (exact) mass is 366 g/mol. The Bertz CT molecular complexity index is 469. The van der Waals surface area contributed by atoms with Crippen LogP contribution in [0.3, 0.4) is 0 Å². The summed E-state index contributed by atoms with van der Waals surface area (Å²) < 4.78 is 0. The summed E-state index contributed by atoms with van der Waals surface area (Å²) in [6, 6.07) is 0. The van der Waals surface area contributed by atoms with Gasteiger partial charge in [-0.3, -0.25) is 4.79 Å². The van der Waals surface area contributed by atoms with E-state index in [1.165, 1.54) is 25.7 Å². The molecule has 148 valence electrons. The van der Waals surface area contributed by atoms with Gasteiger partial charge in [-0.1, -0.05) is 74.8 Å². The first-order chi connectivity index (χ1) is 12.4. The zero-order valence-electron chi connectivity index (χ0n) is 15.8. The van der Waals surface area contributed by atoms with Crippen LogP contribution in [0.5, 0.6) is 0 Å². The SMILES string of the molecule is CCCCCCC=CC=CC=CC=CC[C@H](CCCC(=O)O)C(O)(O)O. The predicted molar refractivity (Wildman–Crippen MR) is 104 cm³/mol. The number of aliphatic carboxylic acids is 1. The minimum Gasteiger partial charge on any atom is -0.481 e. The lowest BCUT2D eigenvalue weighted by molar-refractivity contribution is -0.342. The third-order valence-electron chi connectivity index (χ3n) is 3.96. The third kappa shape index (κ3) is 15.8. The van der Waals surface area contributed by atoms with Crippen molar-refractivity contribution in [2.75, 3.05) is 0 Å². The van der Waals surface area contributed by atoms with Crippen molar-refractivity contribution in [3.63, 3.8) is 0 Å². The van der Waals surface area contributed by atoms with Crippen LogP contribution < -0.4 is 0 Å². The first-order valence-corrected chi connectivity index (χ1v) is 9.41. The average Bonchev–Trinajstić information content (AvgIpc) is 2.56. The number of carboxylic acids is 1. The first kappa shape index (κ1) is 24.3. The Balaban J connectivity index is 4.07. The van der Waals surface area contributed by atoms with Crippen molar-refractivity contribution in [2.24, 2.45) is 5.92 Å². The van der Waals surface area contributed by atoms with E-state index in [1.54, 1.807) is 12.2 Å². The molecule has 0 radical (unpaired) electrons. The van der Waals surface area contributed by atoms with Gasteiger partial charge in [-0.15, -0.1) is 0 Å². The Hall–Kier alpha value is -1.69. The highest BCUT2D eigenvalue weighted by molar-refractivity contribution is 5.66. The molecule has 0 fully saturated rings. The molecule has 0 aliphatic carbocycles. The highest BCUT2D eigenvalue weighted by Gasteiger charge is 2.30. The van der Waals surface area contributed by atoms with Gasteiger partial charge in [-0.2, -0.15) is 0 Å². The second-order valence-electron chi connectivity index (χ2n) is 6.38. The Labute approximate surface area is 157 Å². The second-order valence-corrected chi connectivity index (χ2v) is 6.38. The number of aliphatic hydroxyl groups is 3. The van der Waals surface area contributed by atoms with Crippen LogP contribution in [0.4, 0.5) is 0 Å². The maximum absolute atomic E-state index is 10.5. The molecule has 1 atom stereocenters. The van der Waals surface area contributed by atoms with Gasteiger partial charge in [0, 0.05) is 12.3 Å². The average molecular weight is 366 g/mol. The largest absolute Gasteiger partial charge is 0.481 e. The fourth-order valence-corrected chi connectivity index (χ4v) is 2.41. The van der Waals surface area contributed by atoms with Crippen molar-refractivity contribution in [1.82, 2.24) is 0 Å². The molecule has 0 aromatic heterocycles. The van der Waals surface area contributed by atoms with Crippen LogP contribution in [-0.2, 0) is 4.79 Å². The lowest BCUT2D eigenvalue weighted by atomic mass is 9.95. The minimum atomic E-state index is -2.80. The summed E-state index contributed by atoms with van der Waals surface area (Å²) in [5.41, 5.74) is 0. The van der Waals surface area contributed by atoms with Crippen LogP contribution >= 0.6 is 0 Å². The van der Waals surface area contributed by atoms with Crippen LogP contribution in [0.1, 0.15) is 64.7 Å². The lowest BCUT2D eigenvalue weighted by Gasteiger charge is -2.24. The molecule has 0 saturated heterocycles. The molecule has 0 aromatic carbocycles. The number of allylic oxidation sites excluding steroid dienone is 8. The fourth-order valence-electron chi connectivity index (χ4n) is 2.41. The number of unbranched alkanes of at least 4 members (excludes halogenated alkanes) is 4. The highest BCUT2D eigenvalue weighted by Crippen LogP contribution is 2.22. The van der Waals surface area contributed by atoms with Crippen molar-refractivity contribution in [3.8, 4) is 0 Å². The molecule has 5 heteroatoms. The molecule has 4 N–H and O–H groups in total. The highest BCUT2D eigenvalue weighted by atomic mass is 16.7. The van der Waals surface area contributed by atoms with Gasteiger partial charge in [0.15, 0.2) is 0 Å². The molecule has 0 amide bonds. The van der Waals surface area contributed by atoms with Gasteiger partial charge >= 0.3 is 5.97 Å². The Morgan fingerprint density at radius 3 is 2.08 bits per heavy atom. The Morgan fingerprint density at radius 1 is 0.885 bits per heavy atom. The predicted octanol–water partition coefficient (Wildman–Crippen LogP) is 4.07. The van der Waals surface area contributed by atoms with Crippen molar-refractivity contribution >= 4 is 5.97 Å². The number of carbonyl (C=O) groups is 1. The first-order valence-electron chi connectivity index (χ1n) is 9.41. The van der Waals surface area contributed by atoms with E-state index >= 15 is 0 Å². The normalized spacial score (nSPS) is 14.3. The maximum atomic E-state index is 10.5. The van der Waals surface area contributed by atoms with E-state index in [-0.39, 0.29) is 25.7 Å². The molecule has 0 heterocycles. The molecule has 0 spiro atoms. The smallest absolute Gasteiger partial charge is 0.303 e. The van der Waals surface area contributed by atoms with Gasteiger partial charge in [0.25, 0.3) is 5.97 Å². The molecule has 0 rings (SSSR count). The second kappa shape index (κ2) is 15.6. The van der Waals surface area contributed by atoms with Crippen molar-refractivity contribution in [2.45, 2.75) is 70.7 Å². The van der Waals surface area contributed by atoms with Gasteiger partial charge in [-0.25, -0.2) is 0 Å². The number of hydrogen-bond donors (Lipinski definition) is 4. The van der Waals surface area contributed by atoms with Crippen LogP contribution in [-0.4, -0.2) is 32.4 Å². The molecule has 0 unspecified atom stereocenters. The molecular weight excluding hydrogens is 332 g/mol. The lowest BCUT2D eigenvalue weighted by Crippen LogP contribution is -2.37. The van der Waals surface area contributed by atoms with Crippen molar-refractivity contribution in [1.29, 1.82) is 0 Å². The third-order valence-corrected chi connectivity index (χ3v) is 3.96. The summed E-state index contributed by atoms with van der Waals surface area (Å²) in [5, 5.41) is 36.6. The van der Waals surface area contributed by atoms with Gasteiger partial charge in [-0.05, 0) is 32.1 Å². The van der Waals surface area contributed by atoms with Gasteiger partial charge < -0.3 is 20.4 Å². The summed E-state index contributed by atoms with van der Waals surface area (Å²) in [4.78, 5) is 10.5. The summed E-state index contributed by atoms with van der Waals surface area (Å²) >= 11 is 0. The Morgan fingerprint density at radius 2 is 1.50 bits per heavy atom. The topological polar surface area (TPSA) is 98.0 Å². The summed E-state index contributed by atoms with van der Waals surface area (Å²) in [6.45, 7) is 2.20. The van der Waals surface area contributed by atoms with E-state index in [9.17, 15) is 20.1 Å². The number of hydrogen-bond acceptors (Lipinski definition) is 4. The van der Waals surface area contributed by atoms with Crippen molar-refractivity contribution < 1.29 is 25.2 Å². The maximum Gasteiger partial charge on any atom is 0.303 e. The Kier molecular flexibility index (Phi) is 14.5. The van der Waals surface area contributed by atoms with Crippen LogP contribution in [0.2, 0.25) is 0 Å². The zero-order valence-corrected chi connectivity index (χ0v) is 15.8. The van der Waals surface area contributed by atoms with E-state index in [1.807, 2.05) is 30.4 Å². The van der Waals surface area contributed by atoms with E-state index in [0.717, 1.165) is 6.42 Å². The zero-order chi connectivity index (χ0) is 19.7. The summed E-state index contributed by atoms with van der Waals surface area (Å²) in [7, 11) is 0. The van der Waals surface area contributed by atoms with Crippen LogP contribution in [0.15, 0.2) is 48.6 Å². The van der Waals surface area contributed by atoms with E-state index in [0.29, 0.717) is 0 Å². The van der Waals surface area contributed by atoms with E-state index in [4.69, 9.17) is 5.11 Å². The molecule has 0 aromatic rings. The molecular formula is C21H34O5. The van der Waals surface area contributed by atoms with Gasteiger partial charge in [0.05, 0.1) is 0 Å². The van der Waals surface area contributed by atoms with Crippen LogP contribution in [0, 0.1) is 5.92 Å². The molecule has 26 heavy (non-hydrogen) atoms. The quantitative estimate of drug-likeness (QED) is 0.199. The summed E-state index contributed by atoms with van der Waals surface area (Å²) in [6.07, 6.45) is 22.0. The van der Waals surface area contributed by atoms with E-state index < -0.39 is 17.9 Å². The molecule has 0 aliphatic heterocycles. The van der Waals surface area contributed by atoms with Gasteiger partial charge in [0.1, 0.15) is 0 Å². The minimum absolute atomic E-state index is 0.0624. The fraction of sp³-hybridized carbons (Fsp3) is 0.571. The number of rotatable bonds is 15. The standard InChI is InChI=1S/C21H34O5/c1-2-3-4-5-6-7-8-9-10-11-12-13-14-16-19(21(24,25)26)17-15-18-20(22)23/h7-14,19,24-26H,2-6,15-18H2,1H3,(H,22,23)/t19-/m1/s1. The molecule has 0 saturated carbocycles. The molecule has 0 aliphatic rings. The van der Waals surface area contributed by atoms with E-state index in [2.05, 4.69) is 13.0 Å².